The summed E-state index contributed by atoms with van der Waals surface area (Å²) in [4.78, 5) is 12.2. The van der Waals surface area contributed by atoms with Crippen LogP contribution in [0.2, 0.25) is 0 Å². The molecule has 0 radical (unpaired) electrons. The number of thiol groups is 1. The van der Waals surface area contributed by atoms with Crippen molar-refractivity contribution in [2.45, 2.75) is 16.6 Å². The van der Waals surface area contributed by atoms with Gasteiger partial charge in [0.15, 0.2) is 0 Å². The summed E-state index contributed by atoms with van der Waals surface area (Å²) >= 11 is 10.8. The second kappa shape index (κ2) is 5.93. The quantitative estimate of drug-likeness (QED) is 0.658. The van der Waals surface area contributed by atoms with Crippen LogP contribution < -0.4 is 0 Å². The van der Waals surface area contributed by atoms with Crippen molar-refractivity contribution in [2.75, 3.05) is 5.33 Å². The summed E-state index contributed by atoms with van der Waals surface area (Å²) in [7, 11) is 0. The van der Waals surface area contributed by atoms with E-state index in [9.17, 15) is 4.79 Å². The second-order valence-electron chi connectivity index (χ2n) is 2.94. The number of halogens is 2. The summed E-state index contributed by atoms with van der Waals surface area (Å²) in [6, 6.07) is 5.87. The molecule has 0 saturated heterocycles. The van der Waals surface area contributed by atoms with Gasteiger partial charge in [-0.2, -0.15) is 0 Å². The van der Waals surface area contributed by atoms with E-state index in [4.69, 9.17) is 0 Å². The molecule has 1 rings (SSSR count). The Kier molecular flexibility index (Phi) is 5.20. The lowest BCUT2D eigenvalue weighted by Gasteiger charge is -2.06. The van der Waals surface area contributed by atoms with Crippen LogP contribution in [-0.4, -0.2) is 11.1 Å². The van der Waals surface area contributed by atoms with Crippen LogP contribution in [0, 0.1) is 0 Å². The third kappa shape index (κ3) is 3.41. The highest BCUT2D eigenvalue weighted by Gasteiger charge is 2.06. The zero-order valence-corrected chi connectivity index (χ0v) is 11.5. The van der Waals surface area contributed by atoms with Crippen LogP contribution in [0.25, 0.3) is 0 Å². The molecule has 0 aliphatic rings. The second-order valence-corrected chi connectivity index (χ2v) is 4.57. The number of Topliss-reactive ketones (excluding diaryl/α,β-unsaturated/α-hetero) is 1. The van der Waals surface area contributed by atoms with Crippen molar-refractivity contribution in [3.05, 3.63) is 29.3 Å². The van der Waals surface area contributed by atoms with E-state index in [1.807, 2.05) is 18.2 Å². The first kappa shape index (κ1) is 12.3. The number of rotatable bonds is 4. The van der Waals surface area contributed by atoms with E-state index in [1.165, 1.54) is 0 Å². The van der Waals surface area contributed by atoms with Gasteiger partial charge >= 0.3 is 0 Å². The fourth-order valence-corrected chi connectivity index (χ4v) is 2.14. The minimum absolute atomic E-state index is 0.186. The molecule has 0 spiro atoms. The van der Waals surface area contributed by atoms with Crippen molar-refractivity contribution >= 4 is 50.3 Å². The van der Waals surface area contributed by atoms with Gasteiger partial charge in [-0.3, -0.25) is 4.79 Å². The predicted octanol–water partition coefficient (Wildman–Crippen LogP) is 3.38. The highest BCUT2D eigenvalue weighted by molar-refractivity contribution is 9.09. The molecule has 4 heteroatoms. The monoisotopic (exact) mass is 336 g/mol. The van der Waals surface area contributed by atoms with Gasteiger partial charge in [0.25, 0.3) is 0 Å². The van der Waals surface area contributed by atoms with Gasteiger partial charge in [0, 0.05) is 16.6 Å². The Hall–Kier alpha value is 0.200. The molecule has 0 aliphatic carbocycles. The van der Waals surface area contributed by atoms with Crippen LogP contribution in [0.3, 0.4) is 0 Å². The maximum atomic E-state index is 11.3. The van der Waals surface area contributed by atoms with Crippen molar-refractivity contribution in [3.8, 4) is 0 Å². The molecular weight excluding hydrogens is 328 g/mol. The van der Waals surface area contributed by atoms with Crippen molar-refractivity contribution in [1.29, 1.82) is 0 Å². The Bertz CT molecular complexity index is 339. The topological polar surface area (TPSA) is 17.1 Å². The fraction of sp³-hybridized carbons (Fsp3) is 0.300. The number of alkyl halides is 2. The highest BCUT2D eigenvalue weighted by atomic mass is 79.9. The Labute approximate surface area is 106 Å². The number of benzene rings is 1. The van der Waals surface area contributed by atoms with Crippen LogP contribution in [0.1, 0.15) is 11.1 Å². The Morgan fingerprint density at radius 2 is 2.00 bits per heavy atom. The molecule has 0 bridgehead atoms. The van der Waals surface area contributed by atoms with Crippen LogP contribution >= 0.6 is 44.5 Å². The molecule has 76 valence electrons. The van der Waals surface area contributed by atoms with Crippen molar-refractivity contribution in [2.24, 2.45) is 0 Å². The van der Waals surface area contributed by atoms with Crippen molar-refractivity contribution in [1.82, 2.24) is 0 Å². The number of hydrogen-bond acceptors (Lipinski definition) is 2. The van der Waals surface area contributed by atoms with Gasteiger partial charge in [0.2, 0.25) is 0 Å². The highest BCUT2D eigenvalue weighted by Crippen LogP contribution is 2.18. The van der Waals surface area contributed by atoms with E-state index in [-0.39, 0.29) is 5.78 Å². The van der Waals surface area contributed by atoms with E-state index in [0.29, 0.717) is 11.8 Å². The Morgan fingerprint density at radius 3 is 2.57 bits per heavy atom. The molecule has 14 heavy (non-hydrogen) atoms. The van der Waals surface area contributed by atoms with Crippen molar-refractivity contribution < 1.29 is 4.79 Å². The first-order valence-corrected chi connectivity index (χ1v) is 6.80. The zero-order valence-electron chi connectivity index (χ0n) is 7.46. The number of ketones is 1. The number of carbonyl (C=O) groups excluding carboxylic acids is 1. The Balaban J connectivity index is 2.93. The van der Waals surface area contributed by atoms with E-state index in [1.54, 1.807) is 0 Å². The molecule has 0 amide bonds. The average molecular weight is 338 g/mol. The fourth-order valence-electron chi connectivity index (χ4n) is 1.17. The molecule has 0 heterocycles. The molecule has 1 aromatic rings. The summed E-state index contributed by atoms with van der Waals surface area (Å²) in [6.07, 6.45) is 0.473. The van der Waals surface area contributed by atoms with E-state index in [2.05, 4.69) is 44.5 Å². The molecule has 1 aromatic carbocycles. The van der Waals surface area contributed by atoms with Crippen LogP contribution in [0.15, 0.2) is 23.1 Å². The Morgan fingerprint density at radius 1 is 1.29 bits per heavy atom. The minimum Gasteiger partial charge on any atom is -0.298 e. The molecule has 0 N–H and O–H groups in total. The predicted molar refractivity (Wildman–Crippen MR) is 68.8 cm³/mol. The largest absolute Gasteiger partial charge is 0.298 e. The van der Waals surface area contributed by atoms with E-state index in [0.717, 1.165) is 21.4 Å². The molecule has 0 unspecified atom stereocenters. The average Bonchev–Trinajstić information content (AvgIpc) is 2.18. The normalized spacial score (nSPS) is 10.2. The SMILES string of the molecule is O=C(CBr)Cc1cc(S)ccc1CBr. The maximum absolute atomic E-state index is 11.3. The van der Waals surface area contributed by atoms with E-state index < -0.39 is 0 Å². The molecule has 0 saturated carbocycles. The zero-order chi connectivity index (χ0) is 10.6. The van der Waals surface area contributed by atoms with Crippen LogP contribution in [0.4, 0.5) is 0 Å². The lowest BCUT2D eigenvalue weighted by atomic mass is 10.0. The van der Waals surface area contributed by atoms with Gasteiger partial charge in [-0.1, -0.05) is 37.9 Å². The molecule has 0 aromatic heterocycles. The first-order valence-electron chi connectivity index (χ1n) is 4.11. The van der Waals surface area contributed by atoms with Gasteiger partial charge in [0.1, 0.15) is 5.78 Å². The minimum atomic E-state index is 0.186. The first-order chi connectivity index (χ1) is 6.67. The lowest BCUT2D eigenvalue weighted by molar-refractivity contribution is -0.115. The molecule has 0 aliphatic heterocycles. The van der Waals surface area contributed by atoms with Gasteiger partial charge in [-0.25, -0.2) is 0 Å². The summed E-state index contributed by atoms with van der Waals surface area (Å²) in [5, 5.41) is 1.18. The van der Waals surface area contributed by atoms with Crippen LogP contribution in [-0.2, 0) is 16.5 Å². The van der Waals surface area contributed by atoms with Gasteiger partial charge in [-0.05, 0) is 23.3 Å². The molecule has 0 fully saturated rings. The maximum Gasteiger partial charge on any atom is 0.147 e. The van der Waals surface area contributed by atoms with Gasteiger partial charge in [0.05, 0.1) is 5.33 Å². The summed E-state index contributed by atoms with van der Waals surface area (Å²) in [5.74, 6) is 0.186. The molecule has 1 nitrogen and oxygen atoms in total. The lowest BCUT2D eigenvalue weighted by Crippen LogP contribution is -2.05. The van der Waals surface area contributed by atoms with Crippen LogP contribution in [0.5, 0.6) is 0 Å². The summed E-state index contributed by atoms with van der Waals surface area (Å²) < 4.78 is 0. The smallest absolute Gasteiger partial charge is 0.147 e. The van der Waals surface area contributed by atoms with Crippen molar-refractivity contribution in [3.63, 3.8) is 0 Å². The van der Waals surface area contributed by atoms with Gasteiger partial charge < -0.3 is 0 Å². The standard InChI is InChI=1S/C10H10Br2OS/c11-5-7-1-2-10(14)4-8(7)3-9(13)6-12/h1-2,4,14H,3,5-6H2. The van der Waals surface area contributed by atoms with Gasteiger partial charge in [-0.15, -0.1) is 12.6 Å². The third-order valence-corrected chi connectivity index (χ3v) is 3.38. The number of hydrogen-bond donors (Lipinski definition) is 1. The molecular formula is C10H10Br2OS. The summed E-state index contributed by atoms with van der Waals surface area (Å²) in [5.41, 5.74) is 2.20. The molecule has 0 atom stereocenters. The number of carbonyl (C=O) groups is 1. The van der Waals surface area contributed by atoms with E-state index >= 15 is 0 Å². The summed E-state index contributed by atoms with van der Waals surface area (Å²) in [6.45, 7) is 0. The third-order valence-electron chi connectivity index (χ3n) is 1.87.